The minimum absolute atomic E-state index is 0.144. The fourth-order valence-electron chi connectivity index (χ4n) is 1.38. The van der Waals surface area contributed by atoms with Crippen molar-refractivity contribution in [1.29, 1.82) is 5.26 Å². The van der Waals surface area contributed by atoms with Crippen LogP contribution in [0.3, 0.4) is 0 Å². The molecule has 0 heterocycles. The quantitative estimate of drug-likeness (QED) is 0.852. The lowest BCUT2D eigenvalue weighted by molar-refractivity contribution is -0.116. The van der Waals surface area contributed by atoms with E-state index in [4.69, 9.17) is 5.26 Å². The topological polar surface area (TPSA) is 82.0 Å². The van der Waals surface area contributed by atoms with Crippen molar-refractivity contribution in [3.05, 3.63) is 24.3 Å². The van der Waals surface area contributed by atoms with Gasteiger partial charge in [0.1, 0.15) is 0 Å². The van der Waals surface area contributed by atoms with E-state index in [2.05, 4.69) is 10.6 Å². The van der Waals surface area contributed by atoms with E-state index >= 15 is 0 Å². The van der Waals surface area contributed by atoms with E-state index in [0.717, 1.165) is 0 Å². The van der Waals surface area contributed by atoms with Crippen LogP contribution in [0.15, 0.2) is 24.3 Å². The minimum Gasteiger partial charge on any atom is -0.326 e. The van der Waals surface area contributed by atoms with Gasteiger partial charge >= 0.3 is 0 Å². The molecule has 2 N–H and O–H groups in total. The van der Waals surface area contributed by atoms with E-state index in [-0.39, 0.29) is 24.2 Å². The predicted molar refractivity (Wildman–Crippen MR) is 68.8 cm³/mol. The molecule has 18 heavy (non-hydrogen) atoms. The SMILES string of the molecule is CC(=O)Nc1ccc(NC(=O)CC(C)C#N)cc1. The molecule has 1 aromatic carbocycles. The third-order valence-electron chi connectivity index (χ3n) is 2.20. The summed E-state index contributed by atoms with van der Waals surface area (Å²) in [7, 11) is 0. The van der Waals surface area contributed by atoms with Gasteiger partial charge in [0.15, 0.2) is 0 Å². The number of hydrogen-bond donors (Lipinski definition) is 2. The van der Waals surface area contributed by atoms with Crippen molar-refractivity contribution in [2.24, 2.45) is 5.92 Å². The number of hydrogen-bond acceptors (Lipinski definition) is 3. The average Bonchev–Trinajstić information content (AvgIpc) is 2.30. The summed E-state index contributed by atoms with van der Waals surface area (Å²) in [5.41, 5.74) is 1.31. The Morgan fingerprint density at radius 3 is 2.17 bits per heavy atom. The van der Waals surface area contributed by atoms with Crippen LogP contribution in [0.1, 0.15) is 20.3 Å². The molecule has 0 saturated carbocycles. The average molecular weight is 245 g/mol. The predicted octanol–water partition coefficient (Wildman–Crippen LogP) is 2.13. The number of carbonyl (C=O) groups is 2. The largest absolute Gasteiger partial charge is 0.326 e. The van der Waals surface area contributed by atoms with Crippen molar-refractivity contribution in [3.8, 4) is 6.07 Å². The molecule has 1 atom stereocenters. The fourth-order valence-corrected chi connectivity index (χ4v) is 1.38. The summed E-state index contributed by atoms with van der Waals surface area (Å²) in [6.07, 6.45) is 0.171. The Labute approximate surface area is 106 Å². The van der Waals surface area contributed by atoms with Crippen LogP contribution in [0.5, 0.6) is 0 Å². The second-order valence-electron chi connectivity index (χ2n) is 4.04. The van der Waals surface area contributed by atoms with E-state index < -0.39 is 0 Å². The van der Waals surface area contributed by atoms with Crippen molar-refractivity contribution < 1.29 is 9.59 Å². The summed E-state index contributed by atoms with van der Waals surface area (Å²) in [4.78, 5) is 22.3. The lowest BCUT2D eigenvalue weighted by Crippen LogP contribution is -2.14. The summed E-state index contributed by atoms with van der Waals surface area (Å²) < 4.78 is 0. The van der Waals surface area contributed by atoms with E-state index in [1.54, 1.807) is 31.2 Å². The molecule has 0 aliphatic carbocycles. The third-order valence-corrected chi connectivity index (χ3v) is 2.20. The molecule has 0 aliphatic heterocycles. The maximum Gasteiger partial charge on any atom is 0.225 e. The summed E-state index contributed by atoms with van der Waals surface area (Å²) in [6.45, 7) is 3.12. The van der Waals surface area contributed by atoms with Crippen molar-refractivity contribution in [1.82, 2.24) is 0 Å². The van der Waals surface area contributed by atoms with Crippen LogP contribution < -0.4 is 10.6 Å². The number of nitriles is 1. The van der Waals surface area contributed by atoms with Gasteiger partial charge in [0, 0.05) is 24.7 Å². The smallest absolute Gasteiger partial charge is 0.225 e. The van der Waals surface area contributed by atoms with Gasteiger partial charge in [-0.3, -0.25) is 9.59 Å². The van der Waals surface area contributed by atoms with Gasteiger partial charge < -0.3 is 10.6 Å². The second-order valence-corrected chi connectivity index (χ2v) is 4.04. The van der Waals surface area contributed by atoms with Gasteiger partial charge in [0.25, 0.3) is 0 Å². The Kier molecular flexibility index (Phi) is 4.88. The molecule has 5 nitrogen and oxygen atoms in total. The number of nitrogens with zero attached hydrogens (tertiary/aromatic N) is 1. The van der Waals surface area contributed by atoms with Crippen LogP contribution in [-0.2, 0) is 9.59 Å². The standard InChI is InChI=1S/C13H15N3O2/c1-9(8-14)7-13(18)16-12-5-3-11(4-6-12)15-10(2)17/h3-6,9H,7H2,1-2H3,(H,15,17)(H,16,18). The van der Waals surface area contributed by atoms with Gasteiger partial charge in [0.2, 0.25) is 11.8 Å². The number of benzene rings is 1. The molecule has 5 heteroatoms. The molecular weight excluding hydrogens is 230 g/mol. The monoisotopic (exact) mass is 245 g/mol. The zero-order valence-electron chi connectivity index (χ0n) is 10.4. The Balaban J connectivity index is 2.56. The Hall–Kier alpha value is -2.35. The Morgan fingerprint density at radius 2 is 1.72 bits per heavy atom. The Bertz CT molecular complexity index is 474. The van der Waals surface area contributed by atoms with E-state index in [9.17, 15) is 9.59 Å². The maximum atomic E-state index is 11.5. The summed E-state index contributed by atoms with van der Waals surface area (Å²) in [5, 5.41) is 13.9. The van der Waals surface area contributed by atoms with E-state index in [1.807, 2.05) is 6.07 Å². The maximum absolute atomic E-state index is 11.5. The molecule has 0 aromatic heterocycles. The minimum atomic E-state index is -0.302. The molecule has 0 aliphatic rings. The van der Waals surface area contributed by atoms with Crippen LogP contribution in [-0.4, -0.2) is 11.8 Å². The normalized spacial score (nSPS) is 11.2. The van der Waals surface area contributed by atoms with Crippen LogP contribution in [0, 0.1) is 17.2 Å². The molecule has 1 rings (SSSR count). The van der Waals surface area contributed by atoms with Crippen LogP contribution in [0.4, 0.5) is 11.4 Å². The summed E-state index contributed by atoms with van der Waals surface area (Å²) in [5.74, 6) is -0.644. The zero-order valence-corrected chi connectivity index (χ0v) is 10.4. The molecule has 1 unspecified atom stereocenters. The highest BCUT2D eigenvalue weighted by Crippen LogP contribution is 2.14. The highest BCUT2D eigenvalue weighted by Gasteiger charge is 2.08. The third kappa shape index (κ3) is 4.66. The Morgan fingerprint density at radius 1 is 1.22 bits per heavy atom. The van der Waals surface area contributed by atoms with Crippen LogP contribution in [0.25, 0.3) is 0 Å². The van der Waals surface area contributed by atoms with Gasteiger partial charge in [0.05, 0.1) is 12.0 Å². The highest BCUT2D eigenvalue weighted by atomic mass is 16.2. The molecule has 94 valence electrons. The zero-order chi connectivity index (χ0) is 13.5. The molecule has 0 radical (unpaired) electrons. The number of amides is 2. The summed E-state index contributed by atoms with van der Waals surface area (Å²) in [6, 6.07) is 8.79. The van der Waals surface area contributed by atoms with Gasteiger partial charge in [-0.15, -0.1) is 0 Å². The van der Waals surface area contributed by atoms with Crippen molar-refractivity contribution in [2.75, 3.05) is 10.6 Å². The molecule has 1 aromatic rings. The molecule has 0 bridgehead atoms. The molecule has 0 saturated heterocycles. The second kappa shape index (κ2) is 6.40. The first-order valence-corrected chi connectivity index (χ1v) is 5.58. The first kappa shape index (κ1) is 13.7. The molecule has 0 spiro atoms. The summed E-state index contributed by atoms with van der Waals surface area (Å²) >= 11 is 0. The lowest BCUT2D eigenvalue weighted by Gasteiger charge is -2.07. The number of rotatable bonds is 4. The van der Waals surface area contributed by atoms with Gasteiger partial charge in [-0.1, -0.05) is 0 Å². The first-order chi connectivity index (χ1) is 8.51. The number of nitrogens with one attached hydrogen (secondary N) is 2. The van der Waals surface area contributed by atoms with E-state index in [1.165, 1.54) is 6.92 Å². The van der Waals surface area contributed by atoms with Crippen LogP contribution >= 0.6 is 0 Å². The first-order valence-electron chi connectivity index (χ1n) is 5.58. The molecule has 2 amide bonds. The fraction of sp³-hybridized carbons (Fsp3) is 0.308. The van der Waals surface area contributed by atoms with Crippen LogP contribution in [0.2, 0.25) is 0 Å². The van der Waals surface area contributed by atoms with Crippen molar-refractivity contribution >= 4 is 23.2 Å². The molecule has 0 fully saturated rings. The molecular formula is C13H15N3O2. The van der Waals surface area contributed by atoms with Gasteiger partial charge in [-0.05, 0) is 31.2 Å². The van der Waals surface area contributed by atoms with Gasteiger partial charge in [-0.2, -0.15) is 5.26 Å². The number of carbonyl (C=O) groups excluding carboxylic acids is 2. The van der Waals surface area contributed by atoms with Crippen molar-refractivity contribution in [3.63, 3.8) is 0 Å². The van der Waals surface area contributed by atoms with Gasteiger partial charge in [-0.25, -0.2) is 0 Å². The van der Waals surface area contributed by atoms with Crippen molar-refractivity contribution in [2.45, 2.75) is 20.3 Å². The highest BCUT2D eigenvalue weighted by molar-refractivity contribution is 5.92. The van der Waals surface area contributed by atoms with E-state index in [0.29, 0.717) is 11.4 Å². The lowest BCUT2D eigenvalue weighted by atomic mass is 10.1. The number of anilines is 2.